The fourth-order valence-corrected chi connectivity index (χ4v) is 3.70. The van der Waals surface area contributed by atoms with Crippen molar-refractivity contribution in [2.75, 3.05) is 0 Å². The van der Waals surface area contributed by atoms with Crippen LogP contribution in [0.15, 0.2) is 70.8 Å². The molecule has 0 spiro atoms. The van der Waals surface area contributed by atoms with Gasteiger partial charge >= 0.3 is 0 Å². The largest absolute Gasteiger partial charge is 0.508 e. The predicted molar refractivity (Wildman–Crippen MR) is 101 cm³/mol. The first-order chi connectivity index (χ1) is 12.1. The highest BCUT2D eigenvalue weighted by Gasteiger charge is 2.14. The number of aromatic hydroxyl groups is 1. The molecule has 0 amide bonds. The van der Waals surface area contributed by atoms with Gasteiger partial charge in [-0.05, 0) is 60.2 Å². The number of aryl methyl sites for hydroxylation is 1. The summed E-state index contributed by atoms with van der Waals surface area (Å²) in [5.41, 5.74) is 2.91. The number of phenolic OH excluding ortho intramolecular Hbond substituents is 1. The Bertz CT molecular complexity index is 1040. The Morgan fingerprint density at radius 3 is 2.44 bits per heavy atom. The quantitative estimate of drug-likeness (QED) is 0.509. The maximum absolute atomic E-state index is 9.50. The van der Waals surface area contributed by atoms with Crippen LogP contribution in [0, 0.1) is 0 Å². The zero-order valence-electron chi connectivity index (χ0n) is 13.3. The highest BCUT2D eigenvalue weighted by Crippen LogP contribution is 2.35. The second-order valence-electron chi connectivity index (χ2n) is 5.61. The molecule has 0 atom stereocenters. The maximum Gasteiger partial charge on any atom is 0.144 e. The van der Waals surface area contributed by atoms with Crippen molar-refractivity contribution in [3.05, 3.63) is 65.9 Å². The number of benzene rings is 2. The van der Waals surface area contributed by atoms with Gasteiger partial charge in [0.15, 0.2) is 0 Å². The summed E-state index contributed by atoms with van der Waals surface area (Å²) in [5.74, 6) is 0.251. The summed E-state index contributed by atoms with van der Waals surface area (Å²) in [7, 11) is 1.98. The van der Waals surface area contributed by atoms with Crippen LogP contribution in [0.4, 0.5) is 0 Å². The van der Waals surface area contributed by atoms with E-state index in [0.717, 1.165) is 32.2 Å². The standard InChI is InChI=1S/C19H14ClN3OS/c1-23-17(12-2-6-14(24)7-3-12)10-16-18(23)21-11-22-19(16)25-15-8-4-13(20)5-9-15/h2-11,24H,1H3. The summed E-state index contributed by atoms with van der Waals surface area (Å²) in [6.07, 6.45) is 1.58. The Labute approximate surface area is 154 Å². The lowest BCUT2D eigenvalue weighted by Crippen LogP contribution is -1.93. The highest BCUT2D eigenvalue weighted by molar-refractivity contribution is 7.99. The molecule has 0 bridgehead atoms. The Morgan fingerprint density at radius 2 is 1.72 bits per heavy atom. The smallest absolute Gasteiger partial charge is 0.144 e. The molecule has 0 aliphatic rings. The lowest BCUT2D eigenvalue weighted by Gasteiger charge is -2.04. The van der Waals surface area contributed by atoms with E-state index in [4.69, 9.17) is 11.6 Å². The van der Waals surface area contributed by atoms with Gasteiger partial charge in [-0.25, -0.2) is 9.97 Å². The molecule has 2 aromatic carbocycles. The zero-order valence-corrected chi connectivity index (χ0v) is 14.9. The topological polar surface area (TPSA) is 50.9 Å². The molecular formula is C19H14ClN3OS. The second kappa shape index (κ2) is 6.43. The van der Waals surface area contributed by atoms with Gasteiger partial charge in [-0.3, -0.25) is 0 Å². The second-order valence-corrected chi connectivity index (χ2v) is 7.11. The summed E-state index contributed by atoms with van der Waals surface area (Å²) in [5, 5.41) is 12.1. The Morgan fingerprint density at radius 1 is 1.00 bits per heavy atom. The van der Waals surface area contributed by atoms with E-state index in [9.17, 15) is 5.11 Å². The fourth-order valence-electron chi connectivity index (χ4n) is 2.72. The summed E-state index contributed by atoms with van der Waals surface area (Å²) >= 11 is 7.54. The van der Waals surface area contributed by atoms with Gasteiger partial charge in [-0.2, -0.15) is 0 Å². The van der Waals surface area contributed by atoms with Crippen molar-refractivity contribution < 1.29 is 5.11 Å². The number of fused-ring (bicyclic) bond motifs is 1. The zero-order chi connectivity index (χ0) is 17.4. The van der Waals surface area contributed by atoms with Gasteiger partial charge in [0.25, 0.3) is 0 Å². The van der Waals surface area contributed by atoms with Crippen molar-refractivity contribution in [1.82, 2.24) is 14.5 Å². The van der Waals surface area contributed by atoms with Crippen molar-refractivity contribution in [3.8, 4) is 17.0 Å². The van der Waals surface area contributed by atoms with Crippen LogP contribution in [0.25, 0.3) is 22.3 Å². The van der Waals surface area contributed by atoms with E-state index in [1.807, 2.05) is 48.0 Å². The lowest BCUT2D eigenvalue weighted by molar-refractivity contribution is 0.475. The van der Waals surface area contributed by atoms with Crippen molar-refractivity contribution in [2.24, 2.45) is 7.05 Å². The molecule has 124 valence electrons. The molecule has 1 N–H and O–H groups in total. The van der Waals surface area contributed by atoms with Crippen LogP contribution in [0.3, 0.4) is 0 Å². The average Bonchev–Trinajstić information content (AvgIpc) is 2.96. The van der Waals surface area contributed by atoms with Crippen LogP contribution in [-0.2, 0) is 7.05 Å². The Kier molecular flexibility index (Phi) is 4.11. The van der Waals surface area contributed by atoms with Crippen LogP contribution >= 0.6 is 23.4 Å². The van der Waals surface area contributed by atoms with Gasteiger partial charge in [-0.1, -0.05) is 23.4 Å². The molecule has 25 heavy (non-hydrogen) atoms. The summed E-state index contributed by atoms with van der Waals surface area (Å²) in [4.78, 5) is 9.95. The van der Waals surface area contributed by atoms with Crippen molar-refractivity contribution in [2.45, 2.75) is 9.92 Å². The van der Waals surface area contributed by atoms with Crippen LogP contribution in [0.1, 0.15) is 0 Å². The van der Waals surface area contributed by atoms with Gasteiger partial charge in [0, 0.05) is 17.0 Å². The van der Waals surface area contributed by atoms with Crippen LogP contribution < -0.4 is 0 Å². The normalized spacial score (nSPS) is 11.1. The van der Waals surface area contributed by atoms with Crippen molar-refractivity contribution >= 4 is 34.4 Å². The number of hydrogen-bond donors (Lipinski definition) is 1. The van der Waals surface area contributed by atoms with Crippen LogP contribution in [0.2, 0.25) is 5.02 Å². The highest BCUT2D eigenvalue weighted by atomic mass is 35.5. The van der Waals surface area contributed by atoms with E-state index < -0.39 is 0 Å². The first kappa shape index (κ1) is 16.0. The number of hydrogen-bond acceptors (Lipinski definition) is 4. The first-order valence-corrected chi connectivity index (χ1v) is 8.84. The third kappa shape index (κ3) is 3.08. The van der Waals surface area contributed by atoms with E-state index in [-0.39, 0.29) is 5.75 Å². The van der Waals surface area contributed by atoms with Crippen molar-refractivity contribution in [3.63, 3.8) is 0 Å². The molecule has 0 aliphatic carbocycles. The van der Waals surface area contributed by atoms with Gasteiger partial charge in [-0.15, -0.1) is 0 Å². The molecule has 4 aromatic rings. The predicted octanol–water partition coefficient (Wildman–Crippen LogP) is 5.15. The van der Waals surface area contributed by atoms with Crippen LogP contribution in [0.5, 0.6) is 5.75 Å². The van der Waals surface area contributed by atoms with E-state index in [0.29, 0.717) is 5.02 Å². The molecule has 6 heteroatoms. The lowest BCUT2D eigenvalue weighted by atomic mass is 10.1. The monoisotopic (exact) mass is 367 g/mol. The molecule has 0 saturated carbocycles. The molecule has 4 nitrogen and oxygen atoms in total. The number of halogens is 1. The molecule has 0 radical (unpaired) electrons. The molecule has 2 heterocycles. The minimum Gasteiger partial charge on any atom is -0.508 e. The first-order valence-electron chi connectivity index (χ1n) is 7.65. The number of aromatic nitrogens is 3. The van der Waals surface area contributed by atoms with Crippen LogP contribution in [-0.4, -0.2) is 19.6 Å². The van der Waals surface area contributed by atoms with Crippen molar-refractivity contribution in [1.29, 1.82) is 0 Å². The summed E-state index contributed by atoms with van der Waals surface area (Å²) < 4.78 is 2.04. The third-order valence-corrected chi connectivity index (χ3v) is 5.26. The van der Waals surface area contributed by atoms with E-state index in [2.05, 4.69) is 16.0 Å². The summed E-state index contributed by atoms with van der Waals surface area (Å²) in [6.45, 7) is 0. The third-order valence-electron chi connectivity index (χ3n) is 3.98. The molecule has 0 fully saturated rings. The molecule has 0 aliphatic heterocycles. The van der Waals surface area contributed by atoms with Gasteiger partial charge in [0.2, 0.25) is 0 Å². The van der Waals surface area contributed by atoms with Gasteiger partial charge < -0.3 is 9.67 Å². The van der Waals surface area contributed by atoms with E-state index >= 15 is 0 Å². The SMILES string of the molecule is Cn1c(-c2ccc(O)cc2)cc2c(Sc3ccc(Cl)cc3)ncnc21. The molecule has 2 aromatic heterocycles. The number of nitrogens with zero attached hydrogens (tertiary/aromatic N) is 3. The minimum absolute atomic E-state index is 0.251. The Balaban J connectivity index is 1.80. The molecule has 4 rings (SSSR count). The number of phenols is 1. The molecule has 0 saturated heterocycles. The average molecular weight is 368 g/mol. The fraction of sp³-hybridized carbons (Fsp3) is 0.0526. The molecular weight excluding hydrogens is 354 g/mol. The number of rotatable bonds is 3. The Hall–Kier alpha value is -2.50. The van der Waals surface area contributed by atoms with E-state index in [1.54, 1.807) is 30.2 Å². The molecule has 0 unspecified atom stereocenters. The maximum atomic E-state index is 9.50. The summed E-state index contributed by atoms with van der Waals surface area (Å²) in [6, 6.07) is 16.9. The van der Waals surface area contributed by atoms with Gasteiger partial charge in [0.1, 0.15) is 22.7 Å². The van der Waals surface area contributed by atoms with E-state index in [1.165, 1.54) is 0 Å². The van der Waals surface area contributed by atoms with Gasteiger partial charge in [0.05, 0.1) is 11.1 Å². The minimum atomic E-state index is 0.251.